The molecule has 7 heteroatoms. The molecule has 0 aliphatic heterocycles. The number of nitrogens with zero attached hydrogens (tertiary/aromatic N) is 2. The molecule has 0 unspecified atom stereocenters. The van der Waals surface area contributed by atoms with Gasteiger partial charge in [0.1, 0.15) is 5.76 Å². The Kier molecular flexibility index (Phi) is 6.23. The summed E-state index contributed by atoms with van der Waals surface area (Å²) in [6.45, 7) is 4.57. The lowest BCUT2D eigenvalue weighted by atomic mass is 10.0. The summed E-state index contributed by atoms with van der Waals surface area (Å²) in [5, 5.41) is 3.84. The molecule has 2 heterocycles. The van der Waals surface area contributed by atoms with Crippen LogP contribution in [0.2, 0.25) is 0 Å². The minimum Gasteiger partial charge on any atom is -0.467 e. The average molecular weight is 434 g/mol. The number of amides is 1. The molecule has 0 aliphatic rings. The number of carbonyl (C=O) groups is 1. The van der Waals surface area contributed by atoms with Gasteiger partial charge in [0, 0.05) is 0 Å². The predicted octanol–water partition coefficient (Wildman–Crippen LogP) is 4.51. The summed E-state index contributed by atoms with van der Waals surface area (Å²) in [5.74, 6) is 1.05. The zero-order chi connectivity index (χ0) is 21.8. The zero-order valence-corrected chi connectivity index (χ0v) is 18.2. The summed E-state index contributed by atoms with van der Waals surface area (Å²) in [6.07, 6.45) is 1.57. The van der Waals surface area contributed by atoms with Crippen molar-refractivity contribution in [2.24, 2.45) is 0 Å². The molecule has 0 aliphatic carbocycles. The van der Waals surface area contributed by atoms with Crippen molar-refractivity contribution in [1.29, 1.82) is 0 Å². The maximum Gasteiger partial charge on any atom is 0.266 e. The van der Waals surface area contributed by atoms with E-state index in [0.717, 1.165) is 5.69 Å². The Labute approximate surface area is 184 Å². The van der Waals surface area contributed by atoms with E-state index in [0.29, 0.717) is 34.3 Å². The molecule has 158 valence electrons. The van der Waals surface area contributed by atoms with Crippen molar-refractivity contribution in [3.63, 3.8) is 0 Å². The fourth-order valence-corrected chi connectivity index (χ4v) is 4.07. The summed E-state index contributed by atoms with van der Waals surface area (Å²) >= 11 is 1.24. The minimum absolute atomic E-state index is 0.134. The number of benzene rings is 2. The summed E-state index contributed by atoms with van der Waals surface area (Å²) < 4.78 is 6.81. The first-order valence-electron chi connectivity index (χ1n) is 10.1. The van der Waals surface area contributed by atoms with Crippen molar-refractivity contribution >= 4 is 28.6 Å². The molecule has 0 saturated carbocycles. The van der Waals surface area contributed by atoms with Crippen LogP contribution in [0, 0.1) is 0 Å². The third-order valence-corrected chi connectivity index (χ3v) is 5.87. The SMILES string of the molecule is CC(C)c1ccc(-n2c(SCC(=O)NCc3ccco3)nc3ccccc3c2=O)cc1. The Hall–Kier alpha value is -3.32. The number of hydrogen-bond acceptors (Lipinski definition) is 5. The Morgan fingerprint density at radius 3 is 2.58 bits per heavy atom. The third-order valence-electron chi connectivity index (χ3n) is 4.94. The highest BCUT2D eigenvalue weighted by Gasteiger charge is 2.15. The molecule has 1 N–H and O–H groups in total. The van der Waals surface area contributed by atoms with E-state index in [9.17, 15) is 9.59 Å². The van der Waals surface area contributed by atoms with E-state index in [1.165, 1.54) is 17.3 Å². The van der Waals surface area contributed by atoms with Crippen LogP contribution >= 0.6 is 11.8 Å². The second-order valence-corrected chi connectivity index (χ2v) is 8.39. The fourth-order valence-electron chi connectivity index (χ4n) is 3.23. The first kappa shape index (κ1) is 20.9. The largest absolute Gasteiger partial charge is 0.467 e. The minimum atomic E-state index is -0.162. The van der Waals surface area contributed by atoms with Crippen molar-refractivity contribution in [2.45, 2.75) is 31.5 Å². The third kappa shape index (κ3) is 4.72. The van der Waals surface area contributed by atoms with Crippen molar-refractivity contribution in [2.75, 3.05) is 5.75 Å². The van der Waals surface area contributed by atoms with Gasteiger partial charge in [0.15, 0.2) is 5.16 Å². The molecule has 0 radical (unpaired) electrons. The van der Waals surface area contributed by atoms with Crippen molar-refractivity contribution in [3.05, 3.63) is 88.6 Å². The normalized spacial score (nSPS) is 11.2. The Morgan fingerprint density at radius 1 is 1.10 bits per heavy atom. The van der Waals surface area contributed by atoms with Crippen LogP contribution in [0.3, 0.4) is 0 Å². The molecule has 6 nitrogen and oxygen atoms in total. The van der Waals surface area contributed by atoms with Gasteiger partial charge in [-0.05, 0) is 47.9 Å². The number of aromatic nitrogens is 2. The van der Waals surface area contributed by atoms with Gasteiger partial charge >= 0.3 is 0 Å². The molecule has 0 atom stereocenters. The van der Waals surface area contributed by atoms with Crippen molar-refractivity contribution in [3.8, 4) is 5.69 Å². The number of thioether (sulfide) groups is 1. The fraction of sp³-hybridized carbons (Fsp3) is 0.208. The molecule has 31 heavy (non-hydrogen) atoms. The van der Waals surface area contributed by atoms with Gasteiger partial charge in [0.2, 0.25) is 5.91 Å². The van der Waals surface area contributed by atoms with Gasteiger partial charge in [-0.25, -0.2) is 4.98 Å². The molecule has 0 saturated heterocycles. The molecule has 2 aromatic carbocycles. The lowest BCUT2D eigenvalue weighted by molar-refractivity contribution is -0.118. The number of rotatable bonds is 7. The van der Waals surface area contributed by atoms with Crippen LogP contribution in [0.1, 0.15) is 31.1 Å². The molecule has 2 aromatic heterocycles. The van der Waals surface area contributed by atoms with Crippen molar-refractivity contribution in [1.82, 2.24) is 14.9 Å². The van der Waals surface area contributed by atoms with Crippen LogP contribution in [-0.4, -0.2) is 21.2 Å². The molecule has 0 spiro atoms. The van der Waals surface area contributed by atoms with E-state index in [2.05, 4.69) is 24.1 Å². The van der Waals surface area contributed by atoms with E-state index in [4.69, 9.17) is 4.42 Å². The summed E-state index contributed by atoms with van der Waals surface area (Å²) in [6, 6.07) is 18.7. The van der Waals surface area contributed by atoms with Gasteiger partial charge in [-0.15, -0.1) is 0 Å². The molecule has 0 fully saturated rings. The number of fused-ring (bicyclic) bond motifs is 1. The lowest BCUT2D eigenvalue weighted by Gasteiger charge is -2.14. The summed E-state index contributed by atoms with van der Waals surface area (Å²) in [5.41, 5.74) is 2.38. The van der Waals surface area contributed by atoms with E-state index in [1.807, 2.05) is 42.5 Å². The van der Waals surface area contributed by atoms with Crippen LogP contribution in [0.5, 0.6) is 0 Å². The molecular formula is C24H23N3O3S. The zero-order valence-electron chi connectivity index (χ0n) is 17.4. The number of hydrogen-bond donors (Lipinski definition) is 1. The number of nitrogens with one attached hydrogen (secondary N) is 1. The van der Waals surface area contributed by atoms with Crippen molar-refractivity contribution < 1.29 is 9.21 Å². The Bertz CT molecular complexity index is 1250. The van der Waals surface area contributed by atoms with Gasteiger partial charge < -0.3 is 9.73 Å². The monoisotopic (exact) mass is 433 g/mol. The predicted molar refractivity (Wildman–Crippen MR) is 123 cm³/mol. The first-order valence-corrected chi connectivity index (χ1v) is 11.1. The second-order valence-electron chi connectivity index (χ2n) is 7.44. The maximum absolute atomic E-state index is 13.3. The first-order chi connectivity index (χ1) is 15.0. The van der Waals surface area contributed by atoms with E-state index in [1.54, 1.807) is 29.0 Å². The molecular weight excluding hydrogens is 410 g/mol. The van der Waals surface area contributed by atoms with Crippen LogP contribution < -0.4 is 10.9 Å². The highest BCUT2D eigenvalue weighted by atomic mass is 32.2. The van der Waals surface area contributed by atoms with Gasteiger partial charge in [-0.2, -0.15) is 0 Å². The van der Waals surface area contributed by atoms with Gasteiger partial charge in [-0.3, -0.25) is 14.2 Å². The quantitative estimate of drug-likeness (QED) is 0.343. The molecule has 0 bridgehead atoms. The van der Waals surface area contributed by atoms with Gasteiger partial charge in [0.25, 0.3) is 5.56 Å². The lowest BCUT2D eigenvalue weighted by Crippen LogP contribution is -2.26. The Morgan fingerprint density at radius 2 is 1.87 bits per heavy atom. The highest BCUT2D eigenvalue weighted by molar-refractivity contribution is 7.99. The molecule has 1 amide bonds. The standard InChI is InChI=1S/C24H23N3O3S/c1-16(2)17-9-11-18(12-10-17)27-23(29)20-7-3-4-8-21(20)26-24(27)31-15-22(28)25-14-19-6-5-13-30-19/h3-13,16H,14-15H2,1-2H3,(H,25,28). The maximum atomic E-state index is 13.3. The smallest absolute Gasteiger partial charge is 0.266 e. The summed E-state index contributed by atoms with van der Waals surface area (Å²) in [4.78, 5) is 30.3. The summed E-state index contributed by atoms with van der Waals surface area (Å²) in [7, 11) is 0. The van der Waals surface area contributed by atoms with Crippen LogP contribution in [0.4, 0.5) is 0 Å². The van der Waals surface area contributed by atoms with Crippen LogP contribution in [0.15, 0.2) is 81.3 Å². The van der Waals surface area contributed by atoms with Gasteiger partial charge in [-0.1, -0.05) is 49.9 Å². The van der Waals surface area contributed by atoms with Gasteiger partial charge in [0.05, 0.1) is 35.2 Å². The topological polar surface area (TPSA) is 77.1 Å². The number of furan rings is 1. The number of para-hydroxylation sites is 1. The molecule has 4 aromatic rings. The van der Waals surface area contributed by atoms with Crippen LogP contribution in [0.25, 0.3) is 16.6 Å². The molecule has 4 rings (SSSR count). The van der Waals surface area contributed by atoms with E-state index >= 15 is 0 Å². The second kappa shape index (κ2) is 9.22. The average Bonchev–Trinajstić information content (AvgIpc) is 3.30. The van der Waals surface area contributed by atoms with Crippen LogP contribution in [-0.2, 0) is 11.3 Å². The Balaban J connectivity index is 1.64. The number of carbonyl (C=O) groups excluding carboxylic acids is 1. The van der Waals surface area contributed by atoms with E-state index < -0.39 is 0 Å². The van der Waals surface area contributed by atoms with E-state index in [-0.39, 0.29) is 17.2 Å². The highest BCUT2D eigenvalue weighted by Crippen LogP contribution is 2.23.